The van der Waals surface area contributed by atoms with Gasteiger partial charge in [0.1, 0.15) is 11.7 Å². The highest BCUT2D eigenvalue weighted by Crippen LogP contribution is 2.76. The number of benzene rings is 1. The molecular weight excluding hydrogens is 474 g/mol. The number of likely N-dealkylation sites (tertiary alicyclic amines) is 1. The number of carboxylic acid groups (broad SMARTS) is 1. The Morgan fingerprint density at radius 3 is 2.84 bits per heavy atom. The molecule has 5 fully saturated rings. The smallest absolute Gasteiger partial charge is 0.305 e. The van der Waals surface area contributed by atoms with Crippen LogP contribution in [-0.4, -0.2) is 77.5 Å². The molecule has 0 radical (unpaired) electrons. The lowest BCUT2D eigenvalue weighted by Gasteiger charge is -2.74. The van der Waals surface area contributed by atoms with E-state index in [1.54, 1.807) is 13.2 Å². The van der Waals surface area contributed by atoms with Crippen molar-refractivity contribution < 1.29 is 29.3 Å². The molecule has 1 saturated heterocycles. The lowest BCUT2D eigenvalue weighted by atomic mass is 9.35. The van der Waals surface area contributed by atoms with E-state index in [9.17, 15) is 14.7 Å². The average Bonchev–Trinajstić information content (AvgIpc) is 3.62. The Hall–Kier alpha value is -2.36. The largest absolute Gasteiger partial charge is 0.504 e. The van der Waals surface area contributed by atoms with Gasteiger partial charge in [-0.1, -0.05) is 6.07 Å². The molecule has 9 nitrogen and oxygen atoms in total. The third kappa shape index (κ3) is 2.96. The summed E-state index contributed by atoms with van der Waals surface area (Å²) in [7, 11) is 1.75. The summed E-state index contributed by atoms with van der Waals surface area (Å²) in [4.78, 5) is 26.5. The van der Waals surface area contributed by atoms with Crippen molar-refractivity contribution in [2.45, 2.75) is 80.6 Å². The van der Waals surface area contributed by atoms with Gasteiger partial charge < -0.3 is 30.7 Å². The van der Waals surface area contributed by atoms with Gasteiger partial charge in [0.15, 0.2) is 11.5 Å². The Morgan fingerprint density at radius 2 is 2.11 bits per heavy atom. The molecule has 0 aromatic heterocycles. The standard InChI is InChI=1S/C28H37N3O6/c1-36-28-7-6-26(12-17(28)13-30-24(35)18(29)11-21(33)34)20-10-16-4-5-19(32)23-22(16)27(26,25(28)37-23)8-9-31(20)14-15-2-3-15/h4-5,15,17-18,20,25,32H,2-3,6-14,29H2,1H3,(H,30,35)(H,33,34)/t17-,18+,20-,25?,26-,27+,28?/m1/s1. The number of amides is 1. The summed E-state index contributed by atoms with van der Waals surface area (Å²) in [6, 6.07) is 3.18. The first-order valence-electron chi connectivity index (χ1n) is 13.8. The number of carbonyl (C=O) groups is 2. The molecule has 1 aromatic carbocycles. The second-order valence-corrected chi connectivity index (χ2v) is 12.5. The van der Waals surface area contributed by atoms with Crippen molar-refractivity contribution in [1.82, 2.24) is 10.2 Å². The van der Waals surface area contributed by atoms with Crippen LogP contribution in [0.4, 0.5) is 0 Å². The fourth-order valence-electron chi connectivity index (χ4n) is 9.42. The van der Waals surface area contributed by atoms with Crippen molar-refractivity contribution in [3.8, 4) is 11.5 Å². The SMILES string of the molecule is COC12CC[C@@]3(C[C@@H]1CNC(=O)[C@@H](N)CC(=O)O)[C@H]1Cc4ccc(O)c5c4[C@@]3(CCN1CC1CC1)C2O5. The molecule has 2 spiro atoms. The van der Waals surface area contributed by atoms with Crippen LogP contribution in [0.15, 0.2) is 12.1 Å². The van der Waals surface area contributed by atoms with Crippen LogP contribution in [-0.2, 0) is 26.2 Å². The van der Waals surface area contributed by atoms with E-state index in [1.165, 1.54) is 24.0 Å². The van der Waals surface area contributed by atoms with Gasteiger partial charge in [-0.25, -0.2) is 0 Å². The monoisotopic (exact) mass is 511 g/mol. The molecule has 4 bridgehead atoms. The molecule has 200 valence electrons. The van der Waals surface area contributed by atoms with Crippen molar-refractivity contribution in [1.29, 1.82) is 0 Å². The van der Waals surface area contributed by atoms with Crippen LogP contribution in [0, 0.1) is 17.3 Å². The minimum absolute atomic E-state index is 0.00765. The van der Waals surface area contributed by atoms with Crippen LogP contribution in [0.3, 0.4) is 0 Å². The average molecular weight is 512 g/mol. The number of phenolic OH excluding ortho intramolecular Hbond substituents is 1. The number of carboxylic acids is 1. The first kappa shape index (κ1) is 23.7. The molecule has 2 unspecified atom stereocenters. The van der Waals surface area contributed by atoms with Crippen LogP contribution in [0.1, 0.15) is 56.1 Å². The van der Waals surface area contributed by atoms with Crippen molar-refractivity contribution in [3.05, 3.63) is 23.3 Å². The Balaban J connectivity index is 1.29. The van der Waals surface area contributed by atoms with Crippen LogP contribution < -0.4 is 15.8 Å². The summed E-state index contributed by atoms with van der Waals surface area (Å²) >= 11 is 0. The highest BCUT2D eigenvalue weighted by Gasteiger charge is 2.80. The van der Waals surface area contributed by atoms with Crippen LogP contribution in [0.2, 0.25) is 0 Å². The topological polar surface area (TPSA) is 134 Å². The molecule has 1 aromatic rings. The first-order chi connectivity index (χ1) is 17.8. The van der Waals surface area contributed by atoms with Crippen LogP contribution >= 0.6 is 0 Å². The van der Waals surface area contributed by atoms with Crippen molar-refractivity contribution in [3.63, 3.8) is 0 Å². The highest BCUT2D eigenvalue weighted by molar-refractivity contribution is 5.85. The van der Waals surface area contributed by atoms with Crippen LogP contribution in [0.5, 0.6) is 11.5 Å². The Morgan fingerprint density at radius 1 is 1.30 bits per heavy atom. The second kappa shape index (κ2) is 7.83. The lowest BCUT2D eigenvalue weighted by molar-refractivity contribution is -0.276. The summed E-state index contributed by atoms with van der Waals surface area (Å²) in [6.45, 7) is 2.54. The van der Waals surface area contributed by atoms with E-state index in [0.29, 0.717) is 18.3 Å². The number of nitrogens with two attached hydrogens (primary N) is 1. The molecule has 8 rings (SSSR count). The predicted molar refractivity (Wildman–Crippen MR) is 133 cm³/mol. The Kier molecular flexibility index (Phi) is 5.02. The second-order valence-electron chi connectivity index (χ2n) is 12.5. The molecule has 37 heavy (non-hydrogen) atoms. The van der Waals surface area contributed by atoms with Gasteiger partial charge in [-0.05, 0) is 69.0 Å². The molecule has 4 saturated carbocycles. The Labute approximate surface area is 216 Å². The van der Waals surface area contributed by atoms with Gasteiger partial charge in [-0.15, -0.1) is 0 Å². The molecule has 9 heteroatoms. The van der Waals surface area contributed by atoms with Gasteiger partial charge >= 0.3 is 5.97 Å². The zero-order valence-corrected chi connectivity index (χ0v) is 21.4. The number of phenols is 1. The van der Waals surface area contributed by atoms with Crippen LogP contribution in [0.25, 0.3) is 0 Å². The normalized spacial score (nSPS) is 39.6. The summed E-state index contributed by atoms with van der Waals surface area (Å²) in [5.74, 6) is 0.0916. The number of aliphatic carboxylic acids is 1. The number of nitrogens with zero attached hydrogens (tertiary/aromatic N) is 1. The fourth-order valence-corrected chi connectivity index (χ4v) is 9.42. The van der Waals surface area contributed by atoms with E-state index in [1.807, 2.05) is 0 Å². The third-order valence-corrected chi connectivity index (χ3v) is 11.1. The molecule has 7 atom stereocenters. The maximum atomic E-state index is 12.7. The van der Waals surface area contributed by atoms with Gasteiger partial charge in [-0.3, -0.25) is 14.5 Å². The number of hydrogen-bond acceptors (Lipinski definition) is 7. The highest BCUT2D eigenvalue weighted by atomic mass is 16.6. The zero-order valence-electron chi connectivity index (χ0n) is 21.4. The van der Waals surface area contributed by atoms with E-state index in [4.69, 9.17) is 20.3 Å². The van der Waals surface area contributed by atoms with Crippen molar-refractivity contribution >= 4 is 11.9 Å². The number of rotatable bonds is 8. The summed E-state index contributed by atoms with van der Waals surface area (Å²) < 4.78 is 13.2. The van der Waals surface area contributed by atoms with E-state index in [2.05, 4.69) is 16.3 Å². The van der Waals surface area contributed by atoms with Gasteiger partial charge in [0.2, 0.25) is 5.91 Å². The molecule has 5 N–H and O–H groups in total. The van der Waals surface area contributed by atoms with Gasteiger partial charge in [-0.2, -0.15) is 0 Å². The van der Waals surface area contributed by atoms with Gasteiger partial charge in [0.25, 0.3) is 0 Å². The number of hydrogen-bond donors (Lipinski definition) is 4. The molecular formula is C28H37N3O6. The number of ether oxygens (including phenoxy) is 2. The lowest BCUT2D eigenvalue weighted by Crippen LogP contribution is -2.81. The zero-order chi connectivity index (χ0) is 25.7. The van der Waals surface area contributed by atoms with Crippen molar-refractivity contribution in [2.75, 3.05) is 26.7 Å². The third-order valence-electron chi connectivity index (χ3n) is 11.1. The van der Waals surface area contributed by atoms with Gasteiger partial charge in [0.05, 0.1) is 12.5 Å². The summed E-state index contributed by atoms with van der Waals surface area (Å²) in [6.07, 6.45) is 6.69. The quantitative estimate of drug-likeness (QED) is 0.413. The van der Waals surface area contributed by atoms with E-state index >= 15 is 0 Å². The number of nitrogens with one attached hydrogen (secondary N) is 1. The molecule has 1 amide bonds. The predicted octanol–water partition coefficient (Wildman–Crippen LogP) is 1.53. The minimum atomic E-state index is -1.09. The number of aromatic hydroxyl groups is 1. The maximum Gasteiger partial charge on any atom is 0.305 e. The maximum absolute atomic E-state index is 12.7. The van der Waals surface area contributed by atoms with E-state index in [0.717, 1.165) is 51.1 Å². The fraction of sp³-hybridized carbons (Fsp3) is 0.714. The van der Waals surface area contributed by atoms with E-state index < -0.39 is 29.9 Å². The number of methoxy groups -OCH3 is 1. The summed E-state index contributed by atoms with van der Waals surface area (Å²) in [5.41, 5.74) is 7.51. The number of carbonyl (C=O) groups excluding carboxylic acids is 1. The first-order valence-corrected chi connectivity index (χ1v) is 13.8. The Bertz CT molecular complexity index is 1170. The molecule has 2 aliphatic heterocycles. The molecule has 2 heterocycles. The summed E-state index contributed by atoms with van der Waals surface area (Å²) in [5, 5.41) is 22.9. The van der Waals surface area contributed by atoms with Crippen molar-refractivity contribution in [2.24, 2.45) is 23.0 Å². The molecule has 5 aliphatic carbocycles. The minimum Gasteiger partial charge on any atom is -0.504 e. The molecule has 7 aliphatic rings. The van der Waals surface area contributed by atoms with E-state index in [-0.39, 0.29) is 28.6 Å². The van der Waals surface area contributed by atoms with Gasteiger partial charge in [0, 0.05) is 48.6 Å². The number of fused-ring (bicyclic) bond motifs is 2. The number of piperidine rings is 1.